The number of rotatable bonds is 3. The minimum absolute atomic E-state index is 0.0756. The molecule has 0 radical (unpaired) electrons. The first-order chi connectivity index (χ1) is 13.5. The number of aromatic nitrogens is 1. The van der Waals surface area contributed by atoms with E-state index in [1.165, 1.54) is 11.8 Å². The van der Waals surface area contributed by atoms with Crippen LogP contribution in [0.4, 0.5) is 5.69 Å². The Bertz CT molecular complexity index is 978. The van der Waals surface area contributed by atoms with Crippen LogP contribution >= 0.6 is 39.9 Å². The quantitative estimate of drug-likeness (QED) is 0.683. The van der Waals surface area contributed by atoms with Crippen LogP contribution in [0.25, 0.3) is 0 Å². The Kier molecular flexibility index (Phi) is 5.89. The van der Waals surface area contributed by atoms with E-state index < -0.39 is 0 Å². The van der Waals surface area contributed by atoms with E-state index in [2.05, 4.69) is 26.1 Å². The number of likely N-dealkylation sites (tertiary alicyclic amines) is 1. The summed E-state index contributed by atoms with van der Waals surface area (Å²) in [4.78, 5) is 26.6. The molecule has 1 N–H and O–H groups in total. The summed E-state index contributed by atoms with van der Waals surface area (Å²) in [5, 5.41) is 2.90. The number of nitrogens with one attached hydrogen (secondary N) is 1. The molecular formula is C20H20BrN3O2S2. The fraction of sp³-hybridized carbons (Fsp3) is 0.350. The van der Waals surface area contributed by atoms with Gasteiger partial charge in [-0.1, -0.05) is 42.2 Å². The van der Waals surface area contributed by atoms with Crippen LogP contribution in [0, 0.1) is 5.92 Å². The number of benzene rings is 1. The van der Waals surface area contributed by atoms with Crippen molar-refractivity contribution in [2.75, 3.05) is 24.2 Å². The zero-order valence-corrected chi connectivity index (χ0v) is 18.4. The monoisotopic (exact) mass is 477 g/mol. The molecule has 2 aromatic rings. The lowest BCUT2D eigenvalue weighted by Crippen LogP contribution is -2.48. The average molecular weight is 478 g/mol. The summed E-state index contributed by atoms with van der Waals surface area (Å²) in [5.41, 5.74) is 1.95. The Morgan fingerprint density at radius 3 is 2.82 bits per heavy atom. The second-order valence-electron chi connectivity index (χ2n) is 7.19. The fourth-order valence-electron chi connectivity index (χ4n) is 4.01. The molecule has 1 amide bonds. The second kappa shape index (κ2) is 8.39. The number of halogens is 1. The molecule has 2 atom stereocenters. The third-order valence-electron chi connectivity index (χ3n) is 5.21. The smallest absolute Gasteiger partial charge is 0.250 e. The molecule has 4 rings (SSSR count). The van der Waals surface area contributed by atoms with E-state index in [1.54, 1.807) is 6.07 Å². The molecule has 2 aliphatic rings. The highest BCUT2D eigenvalue weighted by molar-refractivity contribution is 9.10. The minimum atomic E-state index is -0.0756. The third kappa shape index (κ3) is 4.18. The van der Waals surface area contributed by atoms with Gasteiger partial charge in [0.25, 0.3) is 5.56 Å². The van der Waals surface area contributed by atoms with Crippen molar-refractivity contribution in [3.8, 4) is 0 Å². The van der Waals surface area contributed by atoms with Gasteiger partial charge in [0.05, 0.1) is 11.4 Å². The highest BCUT2D eigenvalue weighted by Crippen LogP contribution is 2.36. The van der Waals surface area contributed by atoms with E-state index in [4.69, 9.17) is 12.2 Å². The second-order valence-corrected chi connectivity index (χ2v) is 9.65. The SMILES string of the molecule is O=C(CSC(=S)N1C[C@H]2C[C@@H](C1)c1cccc(=O)n1C2)Nc1ccccc1Br. The average Bonchev–Trinajstić information content (AvgIpc) is 2.68. The molecule has 0 aliphatic carbocycles. The predicted octanol–water partition coefficient (Wildman–Crippen LogP) is 3.69. The van der Waals surface area contributed by atoms with E-state index >= 15 is 0 Å². The van der Waals surface area contributed by atoms with Gasteiger partial charge in [-0.3, -0.25) is 9.59 Å². The highest BCUT2D eigenvalue weighted by Gasteiger charge is 2.35. The number of fused-ring (bicyclic) bond motifs is 4. The maximum atomic E-state index is 12.3. The molecule has 0 unspecified atom stereocenters. The van der Waals surface area contributed by atoms with Crippen LogP contribution in [-0.4, -0.2) is 38.5 Å². The number of para-hydroxylation sites is 1. The topological polar surface area (TPSA) is 54.3 Å². The van der Waals surface area contributed by atoms with E-state index in [9.17, 15) is 9.59 Å². The Morgan fingerprint density at radius 1 is 1.18 bits per heavy atom. The molecule has 5 nitrogen and oxygen atoms in total. The number of hydrogen-bond donors (Lipinski definition) is 1. The number of piperidine rings is 1. The maximum absolute atomic E-state index is 12.3. The molecule has 0 spiro atoms. The van der Waals surface area contributed by atoms with Crippen molar-refractivity contribution in [2.24, 2.45) is 5.92 Å². The van der Waals surface area contributed by atoms with Gasteiger partial charge < -0.3 is 14.8 Å². The van der Waals surface area contributed by atoms with Gasteiger partial charge >= 0.3 is 0 Å². The van der Waals surface area contributed by atoms with Gasteiger partial charge in [-0.15, -0.1) is 0 Å². The van der Waals surface area contributed by atoms with Gasteiger partial charge in [-0.25, -0.2) is 0 Å². The molecule has 2 aliphatic heterocycles. The Hall–Kier alpha value is -1.64. The Balaban J connectivity index is 1.36. The van der Waals surface area contributed by atoms with Crippen LogP contribution < -0.4 is 10.9 Å². The van der Waals surface area contributed by atoms with E-state index in [-0.39, 0.29) is 17.2 Å². The third-order valence-corrected chi connectivity index (χ3v) is 7.43. The van der Waals surface area contributed by atoms with Crippen molar-refractivity contribution in [2.45, 2.75) is 18.9 Å². The van der Waals surface area contributed by atoms with Crippen LogP contribution in [0.5, 0.6) is 0 Å². The number of pyridine rings is 1. The summed E-state index contributed by atoms with van der Waals surface area (Å²) in [6.45, 7) is 2.39. The Morgan fingerprint density at radius 2 is 2.00 bits per heavy atom. The summed E-state index contributed by atoms with van der Waals surface area (Å²) in [7, 11) is 0. The predicted molar refractivity (Wildman–Crippen MR) is 121 cm³/mol. The molecule has 1 aromatic carbocycles. The molecule has 2 bridgehead atoms. The standard InChI is InChI=1S/C20H20BrN3O2S2/c21-15-4-1-2-5-16(15)22-18(25)12-28-20(27)23-9-13-8-14(11-23)17-6-3-7-19(26)24(17)10-13/h1-7,13-14H,8-12H2,(H,22,25)/t13-,14+/m1/s1. The highest BCUT2D eigenvalue weighted by atomic mass is 79.9. The Labute approximate surface area is 181 Å². The van der Waals surface area contributed by atoms with Crippen LogP contribution in [0.1, 0.15) is 18.0 Å². The number of carbonyl (C=O) groups is 1. The van der Waals surface area contributed by atoms with Gasteiger partial charge in [0.2, 0.25) is 5.91 Å². The number of thiocarbonyl (C=S) groups is 1. The maximum Gasteiger partial charge on any atom is 0.250 e. The summed E-state index contributed by atoms with van der Waals surface area (Å²) in [6, 6.07) is 13.1. The molecule has 1 aromatic heterocycles. The van der Waals surface area contributed by atoms with Crippen LogP contribution in [0.2, 0.25) is 0 Å². The van der Waals surface area contributed by atoms with Crippen molar-refractivity contribution in [3.05, 3.63) is 63.0 Å². The van der Waals surface area contributed by atoms with Gasteiger partial charge in [-0.2, -0.15) is 0 Å². The number of thioether (sulfide) groups is 1. The molecular weight excluding hydrogens is 458 g/mol. The van der Waals surface area contributed by atoms with Crippen molar-refractivity contribution < 1.29 is 4.79 Å². The molecule has 3 heterocycles. The van der Waals surface area contributed by atoms with Crippen LogP contribution in [0.3, 0.4) is 0 Å². The van der Waals surface area contributed by atoms with Crippen molar-refractivity contribution in [1.29, 1.82) is 0 Å². The summed E-state index contributed by atoms with van der Waals surface area (Å²) >= 11 is 10.5. The van der Waals surface area contributed by atoms with Crippen molar-refractivity contribution >= 4 is 55.8 Å². The van der Waals surface area contributed by atoms with Gasteiger partial charge in [0.15, 0.2) is 0 Å². The molecule has 0 saturated carbocycles. The first-order valence-electron chi connectivity index (χ1n) is 9.17. The zero-order chi connectivity index (χ0) is 19.7. The molecule has 8 heteroatoms. The minimum Gasteiger partial charge on any atom is -0.356 e. The lowest BCUT2D eigenvalue weighted by Gasteiger charge is -2.43. The first kappa shape index (κ1) is 19.7. The van der Waals surface area contributed by atoms with E-state index in [1.807, 2.05) is 41.0 Å². The summed E-state index contributed by atoms with van der Waals surface area (Å²) in [6.07, 6.45) is 1.09. The lowest BCUT2D eigenvalue weighted by atomic mass is 9.83. The van der Waals surface area contributed by atoms with Gasteiger partial charge in [0, 0.05) is 41.8 Å². The number of nitrogens with zero attached hydrogens (tertiary/aromatic N) is 2. The number of hydrogen-bond acceptors (Lipinski definition) is 4. The molecule has 28 heavy (non-hydrogen) atoms. The number of amides is 1. The summed E-state index contributed by atoms with van der Waals surface area (Å²) in [5.74, 6) is 0.934. The van der Waals surface area contributed by atoms with Gasteiger partial charge in [0.1, 0.15) is 4.32 Å². The molecule has 1 fully saturated rings. The lowest BCUT2D eigenvalue weighted by molar-refractivity contribution is -0.113. The van der Waals surface area contributed by atoms with Crippen molar-refractivity contribution in [3.63, 3.8) is 0 Å². The summed E-state index contributed by atoms with van der Waals surface area (Å²) < 4.78 is 3.52. The fourth-order valence-corrected chi connectivity index (χ4v) is 5.38. The van der Waals surface area contributed by atoms with Crippen LogP contribution in [-0.2, 0) is 11.3 Å². The first-order valence-corrected chi connectivity index (χ1v) is 11.4. The number of carbonyl (C=O) groups excluding carboxylic acids is 1. The van der Waals surface area contributed by atoms with Crippen molar-refractivity contribution in [1.82, 2.24) is 9.47 Å². The van der Waals surface area contributed by atoms with E-state index in [0.29, 0.717) is 11.8 Å². The van der Waals surface area contributed by atoms with Gasteiger partial charge in [-0.05, 0) is 46.5 Å². The number of anilines is 1. The molecule has 1 saturated heterocycles. The van der Waals surface area contributed by atoms with Crippen LogP contribution in [0.15, 0.2) is 51.7 Å². The molecule has 146 valence electrons. The van der Waals surface area contributed by atoms with E-state index in [0.717, 1.165) is 46.2 Å². The zero-order valence-electron chi connectivity index (χ0n) is 15.1. The largest absolute Gasteiger partial charge is 0.356 e. The normalized spacial score (nSPS) is 20.4.